The van der Waals surface area contributed by atoms with Gasteiger partial charge in [-0.1, -0.05) is 23.7 Å². The van der Waals surface area contributed by atoms with Crippen molar-refractivity contribution >= 4 is 34.5 Å². The molecule has 4 rings (SSSR count). The predicted molar refractivity (Wildman–Crippen MR) is 122 cm³/mol. The van der Waals surface area contributed by atoms with Crippen molar-refractivity contribution in [2.75, 3.05) is 12.8 Å². The Morgan fingerprint density at radius 1 is 1.19 bits per heavy atom. The normalized spacial score (nSPS) is 10.9. The molecular weight excluding hydrogens is 436 g/mol. The first-order valence-electron chi connectivity index (χ1n) is 9.36. The van der Waals surface area contributed by atoms with Gasteiger partial charge < -0.3 is 15.0 Å². The van der Waals surface area contributed by atoms with Crippen molar-refractivity contribution in [2.45, 2.75) is 6.42 Å². The van der Waals surface area contributed by atoms with Crippen molar-refractivity contribution in [3.05, 3.63) is 85.6 Å². The molecule has 158 valence electrons. The molecule has 1 aromatic carbocycles. The minimum Gasteiger partial charge on any atom is -0.496 e. The lowest BCUT2D eigenvalue weighted by molar-refractivity contribution is 0.0939. The summed E-state index contributed by atoms with van der Waals surface area (Å²) in [5.41, 5.74) is 7.88. The molecule has 0 unspecified atom stereocenters. The van der Waals surface area contributed by atoms with Crippen molar-refractivity contribution < 1.29 is 9.53 Å². The van der Waals surface area contributed by atoms with Crippen LogP contribution in [0.15, 0.2) is 59.5 Å². The summed E-state index contributed by atoms with van der Waals surface area (Å²) in [5.74, 6) is 0.0182. The summed E-state index contributed by atoms with van der Waals surface area (Å²) in [4.78, 5) is 27.0. The number of hydrogen-bond acceptors (Lipinski definition) is 6. The highest BCUT2D eigenvalue weighted by atomic mass is 35.5. The minimum atomic E-state index is -0.402. The van der Waals surface area contributed by atoms with E-state index in [-0.39, 0.29) is 16.9 Å². The van der Waals surface area contributed by atoms with E-state index in [1.165, 1.54) is 27.7 Å². The first kappa shape index (κ1) is 20.9. The number of aryl methyl sites for hydroxylation is 1. The van der Waals surface area contributed by atoms with Gasteiger partial charge in [-0.25, -0.2) is 0 Å². The zero-order chi connectivity index (χ0) is 22.1. The number of nitrogen functional groups attached to an aromatic ring is 1. The molecule has 0 saturated heterocycles. The maximum Gasteiger partial charge on any atom is 0.282 e. The molecule has 3 heterocycles. The molecule has 0 spiro atoms. The first-order valence-corrected chi connectivity index (χ1v) is 10.6. The Morgan fingerprint density at radius 2 is 1.97 bits per heavy atom. The van der Waals surface area contributed by atoms with Gasteiger partial charge in [0.05, 0.1) is 34.0 Å². The molecule has 0 amide bonds. The number of anilines is 1. The maximum atomic E-state index is 13.4. The molecule has 0 atom stereocenters. The van der Waals surface area contributed by atoms with E-state index in [0.29, 0.717) is 33.3 Å². The van der Waals surface area contributed by atoms with E-state index in [1.807, 2.05) is 6.07 Å². The SMILES string of the molecule is COc1ccccc1C(=O)n1nc(-c2cccn(C)c2=O)c(N)c1Cc1ccc(Cl)s1. The number of aromatic nitrogens is 3. The highest BCUT2D eigenvalue weighted by Crippen LogP contribution is 2.32. The zero-order valence-electron chi connectivity index (χ0n) is 16.8. The number of carbonyl (C=O) groups is 1. The van der Waals surface area contributed by atoms with Crippen molar-refractivity contribution in [1.29, 1.82) is 0 Å². The molecule has 0 radical (unpaired) electrons. The summed E-state index contributed by atoms with van der Waals surface area (Å²) in [6.45, 7) is 0. The number of halogens is 1. The zero-order valence-corrected chi connectivity index (χ0v) is 18.4. The number of carbonyl (C=O) groups excluding carboxylic acids is 1. The topological polar surface area (TPSA) is 92.1 Å². The molecule has 7 nitrogen and oxygen atoms in total. The monoisotopic (exact) mass is 454 g/mol. The summed E-state index contributed by atoms with van der Waals surface area (Å²) in [6.07, 6.45) is 1.98. The van der Waals surface area contributed by atoms with E-state index in [4.69, 9.17) is 22.1 Å². The lowest BCUT2D eigenvalue weighted by Crippen LogP contribution is -2.19. The molecule has 0 aliphatic carbocycles. The van der Waals surface area contributed by atoms with Crippen LogP contribution in [0.5, 0.6) is 5.75 Å². The number of pyridine rings is 1. The van der Waals surface area contributed by atoms with Crippen molar-refractivity contribution in [3.63, 3.8) is 0 Å². The lowest BCUT2D eigenvalue weighted by Gasteiger charge is -2.09. The number of ether oxygens (including phenoxy) is 1. The van der Waals surface area contributed by atoms with E-state index >= 15 is 0 Å². The van der Waals surface area contributed by atoms with Crippen LogP contribution in [0.1, 0.15) is 20.9 Å². The largest absolute Gasteiger partial charge is 0.496 e. The maximum absolute atomic E-state index is 13.4. The molecule has 0 bridgehead atoms. The summed E-state index contributed by atoms with van der Waals surface area (Å²) in [6, 6.07) is 13.9. The Balaban J connectivity index is 1.91. The fraction of sp³-hybridized carbons (Fsp3) is 0.136. The molecule has 0 aliphatic heterocycles. The standard InChI is InChI=1S/C22H19ClN4O3S/c1-26-11-5-7-15(21(26)28)20-19(24)16(12-13-9-10-18(23)31-13)27(25-20)22(29)14-6-3-4-8-17(14)30-2/h3-11H,12,24H2,1-2H3. The molecule has 2 N–H and O–H groups in total. The predicted octanol–water partition coefficient (Wildman–Crippen LogP) is 3.83. The number of benzene rings is 1. The Bertz CT molecular complexity index is 1340. The summed E-state index contributed by atoms with van der Waals surface area (Å²) in [7, 11) is 3.14. The second-order valence-electron chi connectivity index (χ2n) is 6.85. The number of nitrogens with zero attached hydrogens (tertiary/aromatic N) is 3. The van der Waals surface area contributed by atoms with Gasteiger partial charge in [-0.05, 0) is 36.4 Å². The van der Waals surface area contributed by atoms with Gasteiger partial charge in [0.25, 0.3) is 11.5 Å². The first-order chi connectivity index (χ1) is 14.9. The number of hydrogen-bond donors (Lipinski definition) is 1. The van der Waals surface area contributed by atoms with Crippen LogP contribution >= 0.6 is 22.9 Å². The van der Waals surface area contributed by atoms with E-state index in [1.54, 1.807) is 55.7 Å². The Hall–Kier alpha value is -3.36. The molecular formula is C22H19ClN4O3S. The molecule has 31 heavy (non-hydrogen) atoms. The van der Waals surface area contributed by atoms with E-state index < -0.39 is 5.91 Å². The molecule has 0 aliphatic rings. The van der Waals surface area contributed by atoms with Crippen LogP contribution in [0.25, 0.3) is 11.3 Å². The van der Waals surface area contributed by atoms with Gasteiger partial charge in [-0.2, -0.15) is 9.78 Å². The summed E-state index contributed by atoms with van der Waals surface area (Å²) >= 11 is 7.47. The third-order valence-corrected chi connectivity index (χ3v) is 6.13. The average Bonchev–Trinajstić information content (AvgIpc) is 3.33. The number of para-hydroxylation sites is 1. The van der Waals surface area contributed by atoms with E-state index in [9.17, 15) is 9.59 Å². The third-order valence-electron chi connectivity index (χ3n) is 4.90. The number of rotatable bonds is 5. The van der Waals surface area contributed by atoms with Crippen LogP contribution in [0.2, 0.25) is 4.34 Å². The molecule has 3 aromatic heterocycles. The van der Waals surface area contributed by atoms with E-state index in [2.05, 4.69) is 5.10 Å². The van der Waals surface area contributed by atoms with Gasteiger partial charge in [-0.15, -0.1) is 11.3 Å². The van der Waals surface area contributed by atoms with Gasteiger partial charge in [0.2, 0.25) is 0 Å². The van der Waals surface area contributed by atoms with Gasteiger partial charge in [0.15, 0.2) is 0 Å². The molecule has 0 saturated carbocycles. The van der Waals surface area contributed by atoms with Crippen molar-refractivity contribution in [3.8, 4) is 17.0 Å². The van der Waals surface area contributed by atoms with Crippen molar-refractivity contribution in [2.24, 2.45) is 7.05 Å². The van der Waals surface area contributed by atoms with Crippen LogP contribution in [0, 0.1) is 0 Å². The van der Waals surface area contributed by atoms with Crippen LogP contribution < -0.4 is 16.0 Å². The van der Waals surface area contributed by atoms with Gasteiger partial charge >= 0.3 is 0 Å². The molecule has 0 fully saturated rings. The average molecular weight is 455 g/mol. The van der Waals surface area contributed by atoms with Gasteiger partial charge in [0.1, 0.15) is 11.4 Å². The van der Waals surface area contributed by atoms with Crippen molar-refractivity contribution in [1.82, 2.24) is 14.3 Å². The van der Waals surface area contributed by atoms with Crippen LogP contribution in [0.4, 0.5) is 5.69 Å². The fourth-order valence-electron chi connectivity index (χ4n) is 3.33. The number of nitrogens with two attached hydrogens (primary N) is 1. The number of methoxy groups -OCH3 is 1. The Morgan fingerprint density at radius 3 is 2.68 bits per heavy atom. The second-order valence-corrected chi connectivity index (χ2v) is 8.65. The van der Waals surface area contributed by atoms with Crippen LogP contribution in [-0.4, -0.2) is 27.4 Å². The number of thiophene rings is 1. The second kappa shape index (κ2) is 8.41. The highest BCUT2D eigenvalue weighted by Gasteiger charge is 2.25. The van der Waals surface area contributed by atoms with Gasteiger partial charge in [-0.3, -0.25) is 9.59 Å². The van der Waals surface area contributed by atoms with Crippen LogP contribution in [-0.2, 0) is 13.5 Å². The van der Waals surface area contributed by atoms with Gasteiger partial charge in [0, 0.05) is 24.5 Å². The minimum absolute atomic E-state index is 0.255. The molecule has 4 aromatic rings. The quantitative estimate of drug-likeness (QED) is 0.494. The third kappa shape index (κ3) is 3.87. The Kier molecular flexibility index (Phi) is 5.67. The van der Waals surface area contributed by atoms with Crippen LogP contribution in [0.3, 0.4) is 0 Å². The lowest BCUT2D eigenvalue weighted by atomic mass is 10.1. The highest BCUT2D eigenvalue weighted by molar-refractivity contribution is 7.16. The molecule has 9 heteroatoms. The summed E-state index contributed by atoms with van der Waals surface area (Å²) < 4.78 is 8.67. The smallest absolute Gasteiger partial charge is 0.282 e. The van der Waals surface area contributed by atoms with E-state index in [0.717, 1.165) is 4.88 Å². The Labute approximate surface area is 187 Å². The summed E-state index contributed by atoms with van der Waals surface area (Å²) in [5, 5.41) is 4.48. The fourth-order valence-corrected chi connectivity index (χ4v) is 4.42.